The molecule has 0 aliphatic heterocycles. The predicted molar refractivity (Wildman–Crippen MR) is 97.3 cm³/mol. The van der Waals surface area contributed by atoms with Gasteiger partial charge in [0.05, 0.1) is 12.2 Å². The van der Waals surface area contributed by atoms with Crippen LogP contribution in [0.1, 0.15) is 39.5 Å². The standard InChI is InChI=1S/C21H25FO7/c1-18-6-5-11(23)7-10(18)3-4-12-13-8-14(24)21(29,16(26)17(27)28)19(13,2)9-15(25)20(12,18)22/h5-7,12-15,24-25,29H,3-4,8-9H2,1-2H3,(H,27,28)/t12-,13-,14+,15-,18-,19-,20-,21-/m0/s1. The van der Waals surface area contributed by atoms with Gasteiger partial charge in [0.25, 0.3) is 5.78 Å². The fourth-order valence-corrected chi connectivity index (χ4v) is 6.80. The van der Waals surface area contributed by atoms with Gasteiger partial charge in [-0.05, 0) is 50.7 Å². The molecule has 4 rings (SSSR count). The van der Waals surface area contributed by atoms with Crippen LogP contribution in [-0.4, -0.2) is 61.4 Å². The van der Waals surface area contributed by atoms with Crippen LogP contribution in [0, 0.1) is 22.7 Å². The number of ketones is 2. The maximum absolute atomic E-state index is 16.8. The Morgan fingerprint density at radius 1 is 1.17 bits per heavy atom. The minimum Gasteiger partial charge on any atom is -0.475 e. The maximum Gasteiger partial charge on any atom is 0.375 e. The Hall–Kier alpha value is -1.90. The number of aliphatic carboxylic acids is 1. The number of Topliss-reactive ketones (excluding diaryl/α,β-unsaturated/α-hetero) is 1. The summed E-state index contributed by atoms with van der Waals surface area (Å²) in [5.74, 6) is -5.22. The quantitative estimate of drug-likeness (QED) is 0.495. The second-order valence-electron chi connectivity index (χ2n) is 9.42. The molecule has 29 heavy (non-hydrogen) atoms. The van der Waals surface area contributed by atoms with Crippen LogP contribution in [-0.2, 0) is 14.4 Å². The smallest absolute Gasteiger partial charge is 0.375 e. The highest BCUT2D eigenvalue weighted by Crippen LogP contribution is 2.69. The van der Waals surface area contributed by atoms with Crippen molar-refractivity contribution in [3.8, 4) is 0 Å². The van der Waals surface area contributed by atoms with Crippen LogP contribution in [0.2, 0.25) is 0 Å². The molecule has 0 aromatic heterocycles. The van der Waals surface area contributed by atoms with Crippen LogP contribution >= 0.6 is 0 Å². The summed E-state index contributed by atoms with van der Waals surface area (Å²) in [5, 5.41) is 41.8. The van der Waals surface area contributed by atoms with E-state index in [1.807, 2.05) is 0 Å². The van der Waals surface area contributed by atoms with Crippen molar-refractivity contribution in [2.24, 2.45) is 22.7 Å². The highest BCUT2D eigenvalue weighted by molar-refractivity contribution is 6.36. The second-order valence-corrected chi connectivity index (χ2v) is 9.42. The monoisotopic (exact) mass is 408 g/mol. The predicted octanol–water partition coefficient (Wildman–Crippen LogP) is 0.713. The third-order valence-electron chi connectivity index (χ3n) is 8.40. The van der Waals surface area contributed by atoms with Crippen LogP contribution in [0.15, 0.2) is 23.8 Å². The first-order valence-corrected chi connectivity index (χ1v) is 9.83. The molecule has 0 amide bonds. The highest BCUT2D eigenvalue weighted by atomic mass is 19.1. The minimum absolute atomic E-state index is 0.146. The van der Waals surface area contributed by atoms with E-state index in [4.69, 9.17) is 0 Å². The summed E-state index contributed by atoms with van der Waals surface area (Å²) in [6, 6.07) is 0. The van der Waals surface area contributed by atoms with Crippen molar-refractivity contribution in [1.82, 2.24) is 0 Å². The lowest BCUT2D eigenvalue weighted by Gasteiger charge is -2.62. The third kappa shape index (κ3) is 2.14. The molecule has 8 heteroatoms. The number of aliphatic hydroxyl groups is 3. The van der Waals surface area contributed by atoms with Gasteiger partial charge in [0.2, 0.25) is 0 Å². The topological polar surface area (TPSA) is 132 Å². The van der Waals surface area contributed by atoms with Crippen LogP contribution in [0.3, 0.4) is 0 Å². The van der Waals surface area contributed by atoms with E-state index in [9.17, 15) is 34.8 Å². The molecule has 7 nitrogen and oxygen atoms in total. The van der Waals surface area contributed by atoms with E-state index in [2.05, 4.69) is 0 Å². The average molecular weight is 408 g/mol. The summed E-state index contributed by atoms with van der Waals surface area (Å²) in [5.41, 5.74) is -6.96. The van der Waals surface area contributed by atoms with Gasteiger partial charge in [0, 0.05) is 16.7 Å². The number of carbonyl (C=O) groups is 3. The van der Waals surface area contributed by atoms with Gasteiger partial charge in [-0.25, -0.2) is 9.18 Å². The van der Waals surface area contributed by atoms with Crippen LogP contribution in [0.4, 0.5) is 4.39 Å². The molecule has 0 unspecified atom stereocenters. The average Bonchev–Trinajstić information content (AvgIpc) is 2.84. The van der Waals surface area contributed by atoms with E-state index in [1.165, 1.54) is 25.2 Å². The molecule has 0 aromatic rings. The van der Waals surface area contributed by atoms with Crippen LogP contribution in [0.5, 0.6) is 0 Å². The Labute approximate surface area is 166 Å². The Kier molecular flexibility index (Phi) is 4.10. The Morgan fingerprint density at radius 3 is 2.45 bits per heavy atom. The molecule has 0 spiro atoms. The van der Waals surface area contributed by atoms with Gasteiger partial charge in [0.1, 0.15) is 0 Å². The number of hydrogen-bond donors (Lipinski definition) is 4. The number of allylic oxidation sites excluding steroid dienone is 4. The molecule has 0 aromatic carbocycles. The van der Waals surface area contributed by atoms with Crippen LogP contribution in [0.25, 0.3) is 0 Å². The van der Waals surface area contributed by atoms with E-state index in [-0.39, 0.29) is 25.0 Å². The summed E-state index contributed by atoms with van der Waals surface area (Å²) in [6.07, 6.45) is 0.956. The van der Waals surface area contributed by atoms with Crippen molar-refractivity contribution >= 4 is 17.5 Å². The minimum atomic E-state index is -2.61. The second kappa shape index (κ2) is 5.83. The molecule has 3 fully saturated rings. The SMILES string of the molecule is C[C@]12C=CC(=O)C=C1CC[C@H]1[C@@H]3C[C@@H](O)[C@](O)(C(=O)C(=O)O)[C@@]3(C)C[C@H](O)[C@@]12F. The molecule has 0 heterocycles. The number of carboxylic acids is 1. The van der Waals surface area contributed by atoms with Gasteiger partial charge in [-0.1, -0.05) is 18.6 Å². The lowest BCUT2D eigenvalue weighted by molar-refractivity contribution is -0.222. The molecular formula is C21H25FO7. The van der Waals surface area contributed by atoms with Crippen molar-refractivity contribution in [3.05, 3.63) is 23.8 Å². The summed E-state index contributed by atoms with van der Waals surface area (Å²) in [6.45, 7) is 3.07. The Balaban J connectivity index is 1.84. The Morgan fingerprint density at radius 2 is 1.83 bits per heavy atom. The van der Waals surface area contributed by atoms with Gasteiger partial charge in [-0.3, -0.25) is 9.59 Å². The number of fused-ring (bicyclic) bond motifs is 5. The van der Waals surface area contributed by atoms with Gasteiger partial charge in [0.15, 0.2) is 17.1 Å². The fourth-order valence-electron chi connectivity index (χ4n) is 6.80. The molecule has 8 atom stereocenters. The number of aliphatic hydroxyl groups excluding tert-OH is 2. The molecule has 0 radical (unpaired) electrons. The molecule has 0 saturated heterocycles. The lowest BCUT2D eigenvalue weighted by Crippen LogP contribution is -2.70. The summed E-state index contributed by atoms with van der Waals surface area (Å²) in [4.78, 5) is 35.5. The molecule has 4 aliphatic rings. The fraction of sp³-hybridized carbons (Fsp3) is 0.667. The van der Waals surface area contributed by atoms with E-state index in [0.29, 0.717) is 12.0 Å². The van der Waals surface area contributed by atoms with Crippen molar-refractivity contribution in [3.63, 3.8) is 0 Å². The zero-order valence-corrected chi connectivity index (χ0v) is 16.3. The van der Waals surface area contributed by atoms with Crippen molar-refractivity contribution in [1.29, 1.82) is 0 Å². The number of hydrogen-bond acceptors (Lipinski definition) is 6. The van der Waals surface area contributed by atoms with Crippen molar-refractivity contribution in [2.45, 2.75) is 63.0 Å². The first-order chi connectivity index (χ1) is 13.3. The first-order valence-electron chi connectivity index (χ1n) is 9.83. The molecule has 3 saturated carbocycles. The number of halogens is 1. The normalized spacial score (nSPS) is 51.0. The largest absolute Gasteiger partial charge is 0.475 e. The van der Waals surface area contributed by atoms with Crippen molar-refractivity contribution in [2.75, 3.05) is 0 Å². The number of carbonyl (C=O) groups excluding carboxylic acids is 2. The Bertz CT molecular complexity index is 880. The summed E-state index contributed by atoms with van der Waals surface area (Å²) < 4.78 is 16.8. The summed E-state index contributed by atoms with van der Waals surface area (Å²) in [7, 11) is 0. The highest BCUT2D eigenvalue weighted by Gasteiger charge is 2.76. The zero-order chi connectivity index (χ0) is 21.6. The van der Waals surface area contributed by atoms with Gasteiger partial charge in [-0.15, -0.1) is 0 Å². The maximum atomic E-state index is 16.8. The molecular weight excluding hydrogens is 383 g/mol. The van der Waals surface area contributed by atoms with E-state index < -0.39 is 57.9 Å². The van der Waals surface area contributed by atoms with Gasteiger partial charge in [-0.2, -0.15) is 0 Å². The van der Waals surface area contributed by atoms with Gasteiger partial charge < -0.3 is 20.4 Å². The van der Waals surface area contributed by atoms with E-state index >= 15 is 4.39 Å². The third-order valence-corrected chi connectivity index (χ3v) is 8.40. The molecule has 4 aliphatic carbocycles. The molecule has 4 N–H and O–H groups in total. The van der Waals surface area contributed by atoms with E-state index in [1.54, 1.807) is 6.92 Å². The number of alkyl halides is 1. The lowest BCUT2D eigenvalue weighted by atomic mass is 9.44. The first kappa shape index (κ1) is 20.4. The molecule has 158 valence electrons. The summed E-state index contributed by atoms with van der Waals surface area (Å²) >= 11 is 0. The van der Waals surface area contributed by atoms with E-state index in [0.717, 1.165) is 0 Å². The number of rotatable bonds is 2. The zero-order valence-electron chi connectivity index (χ0n) is 16.3. The van der Waals surface area contributed by atoms with Gasteiger partial charge >= 0.3 is 5.97 Å². The molecule has 0 bridgehead atoms. The number of carboxylic acid groups (broad SMARTS) is 1. The van der Waals surface area contributed by atoms with Crippen LogP contribution < -0.4 is 0 Å². The van der Waals surface area contributed by atoms with Crippen molar-refractivity contribution < 1.29 is 39.2 Å².